The minimum absolute atomic E-state index is 0.00941. The molecule has 27 heavy (non-hydrogen) atoms. The average molecular weight is 384 g/mol. The average Bonchev–Trinajstić information content (AvgIpc) is 3.13. The predicted molar refractivity (Wildman–Crippen MR) is 104 cm³/mol. The molecule has 0 unspecified atom stereocenters. The molecule has 0 saturated carbocycles. The van der Waals surface area contributed by atoms with Gasteiger partial charge in [-0.2, -0.15) is 0 Å². The van der Waals surface area contributed by atoms with Gasteiger partial charge in [-0.3, -0.25) is 14.9 Å². The first-order chi connectivity index (χ1) is 13.1. The number of ether oxygens (including phenoxy) is 1. The maximum atomic E-state index is 12.5. The summed E-state index contributed by atoms with van der Waals surface area (Å²) in [5, 5.41) is 14.4. The number of anilines is 2. The Morgan fingerprint density at radius 1 is 1.22 bits per heavy atom. The monoisotopic (exact) mass is 384 g/mol. The van der Waals surface area contributed by atoms with Crippen LogP contribution in [-0.2, 0) is 4.74 Å². The van der Waals surface area contributed by atoms with E-state index in [1.54, 1.807) is 18.3 Å². The Hall–Kier alpha value is -3.04. The highest BCUT2D eigenvalue weighted by Crippen LogP contribution is 2.29. The van der Waals surface area contributed by atoms with Crippen molar-refractivity contribution in [2.45, 2.75) is 0 Å². The number of non-ortho nitro benzene ring substituents is 1. The zero-order chi connectivity index (χ0) is 18.8. The molecule has 1 N–H and O–H groups in total. The Bertz CT molecular complexity index is 996. The summed E-state index contributed by atoms with van der Waals surface area (Å²) >= 11 is 1.29. The van der Waals surface area contributed by atoms with E-state index in [0.29, 0.717) is 29.2 Å². The van der Waals surface area contributed by atoms with Crippen LogP contribution in [-0.4, -0.2) is 42.1 Å². The molecule has 0 radical (unpaired) electrons. The fourth-order valence-electron chi connectivity index (χ4n) is 2.89. The second kappa shape index (κ2) is 7.29. The molecule has 138 valence electrons. The van der Waals surface area contributed by atoms with Crippen molar-refractivity contribution in [2.75, 3.05) is 36.5 Å². The first kappa shape index (κ1) is 17.4. The van der Waals surface area contributed by atoms with Gasteiger partial charge in [0.2, 0.25) is 0 Å². The molecule has 9 heteroatoms. The highest BCUT2D eigenvalue weighted by molar-refractivity contribution is 7.20. The van der Waals surface area contributed by atoms with Gasteiger partial charge in [-0.25, -0.2) is 4.98 Å². The van der Waals surface area contributed by atoms with Crippen molar-refractivity contribution >= 4 is 44.5 Å². The van der Waals surface area contributed by atoms with Gasteiger partial charge >= 0.3 is 0 Å². The molecule has 1 amide bonds. The molecule has 1 fully saturated rings. The van der Waals surface area contributed by atoms with Crippen molar-refractivity contribution in [1.29, 1.82) is 0 Å². The van der Waals surface area contributed by atoms with E-state index in [2.05, 4.69) is 15.2 Å². The number of benzene rings is 1. The van der Waals surface area contributed by atoms with Gasteiger partial charge < -0.3 is 15.0 Å². The molecule has 2 aromatic heterocycles. The Kier molecular flexibility index (Phi) is 4.69. The van der Waals surface area contributed by atoms with E-state index < -0.39 is 4.92 Å². The minimum atomic E-state index is -0.446. The number of nitro groups is 1. The molecule has 1 aliphatic heterocycles. The Balaban J connectivity index is 1.48. The lowest BCUT2D eigenvalue weighted by Crippen LogP contribution is -2.36. The number of morpholine rings is 1. The zero-order valence-electron chi connectivity index (χ0n) is 14.3. The summed E-state index contributed by atoms with van der Waals surface area (Å²) in [4.78, 5) is 30.0. The Labute approximate surface area is 158 Å². The van der Waals surface area contributed by atoms with E-state index in [-0.39, 0.29) is 11.6 Å². The number of nitrogens with one attached hydrogen (secondary N) is 1. The van der Waals surface area contributed by atoms with Crippen LogP contribution >= 0.6 is 11.3 Å². The van der Waals surface area contributed by atoms with Crippen LogP contribution in [0.2, 0.25) is 0 Å². The standard InChI is InChI=1S/C18H16N4O4S/c23-18(16-10-12-9-14(22(24)25)2-3-15(12)27-16)20-13-1-4-17(19-11-13)21-5-7-26-8-6-21/h1-4,9-11H,5-8H2,(H,20,23). The van der Waals surface area contributed by atoms with Gasteiger partial charge in [0, 0.05) is 35.3 Å². The third-order valence-corrected chi connectivity index (χ3v) is 5.39. The highest BCUT2D eigenvalue weighted by atomic mass is 32.1. The smallest absolute Gasteiger partial charge is 0.270 e. The van der Waals surface area contributed by atoms with E-state index >= 15 is 0 Å². The summed E-state index contributed by atoms with van der Waals surface area (Å²) in [6.07, 6.45) is 1.63. The maximum Gasteiger partial charge on any atom is 0.270 e. The number of nitro benzene ring substituents is 1. The topological polar surface area (TPSA) is 97.6 Å². The molecule has 1 aromatic carbocycles. The number of rotatable bonds is 4. The number of carbonyl (C=O) groups excluding carboxylic acids is 1. The van der Waals surface area contributed by atoms with Gasteiger partial charge in [0.15, 0.2) is 0 Å². The molecule has 1 saturated heterocycles. The molecule has 4 rings (SSSR count). The number of fused-ring (bicyclic) bond motifs is 1. The third-order valence-electron chi connectivity index (χ3n) is 4.28. The number of amides is 1. The fourth-order valence-corrected chi connectivity index (χ4v) is 3.83. The summed E-state index contributed by atoms with van der Waals surface area (Å²) in [5.74, 6) is 0.588. The Morgan fingerprint density at radius 3 is 2.74 bits per heavy atom. The summed E-state index contributed by atoms with van der Waals surface area (Å²) < 4.78 is 6.15. The van der Waals surface area contributed by atoms with E-state index in [9.17, 15) is 14.9 Å². The largest absolute Gasteiger partial charge is 0.378 e. The van der Waals surface area contributed by atoms with Crippen LogP contribution < -0.4 is 10.2 Å². The van der Waals surface area contributed by atoms with Crippen LogP contribution in [0.15, 0.2) is 42.6 Å². The van der Waals surface area contributed by atoms with E-state index in [1.165, 1.54) is 23.5 Å². The molecular weight excluding hydrogens is 368 g/mol. The van der Waals surface area contributed by atoms with Crippen molar-refractivity contribution in [3.05, 3.63) is 57.6 Å². The second-order valence-electron chi connectivity index (χ2n) is 6.05. The van der Waals surface area contributed by atoms with Crippen LogP contribution in [0.25, 0.3) is 10.1 Å². The summed E-state index contributed by atoms with van der Waals surface area (Å²) in [5.41, 5.74) is 0.607. The van der Waals surface area contributed by atoms with Crippen molar-refractivity contribution in [3.8, 4) is 0 Å². The minimum Gasteiger partial charge on any atom is -0.378 e. The predicted octanol–water partition coefficient (Wildman–Crippen LogP) is 3.29. The van der Waals surface area contributed by atoms with Gasteiger partial charge in [0.1, 0.15) is 5.82 Å². The molecule has 0 atom stereocenters. The summed E-state index contributed by atoms with van der Waals surface area (Å²) in [6.45, 7) is 2.97. The number of nitrogens with zero attached hydrogens (tertiary/aromatic N) is 3. The van der Waals surface area contributed by atoms with Gasteiger partial charge in [0.25, 0.3) is 11.6 Å². The van der Waals surface area contributed by atoms with Gasteiger partial charge in [-0.1, -0.05) is 0 Å². The third kappa shape index (κ3) is 3.74. The van der Waals surface area contributed by atoms with Gasteiger partial charge in [-0.15, -0.1) is 11.3 Å². The number of thiophene rings is 1. The first-order valence-corrected chi connectivity index (χ1v) is 9.20. The number of aromatic nitrogens is 1. The van der Waals surface area contributed by atoms with Crippen molar-refractivity contribution in [3.63, 3.8) is 0 Å². The number of hydrogen-bond donors (Lipinski definition) is 1. The normalized spacial score (nSPS) is 14.3. The van der Waals surface area contributed by atoms with Crippen LogP contribution in [0, 0.1) is 10.1 Å². The van der Waals surface area contributed by atoms with Gasteiger partial charge in [-0.05, 0) is 24.3 Å². The summed E-state index contributed by atoms with van der Waals surface area (Å²) in [7, 11) is 0. The first-order valence-electron chi connectivity index (χ1n) is 8.38. The summed E-state index contributed by atoms with van der Waals surface area (Å²) in [6, 6.07) is 9.92. The second-order valence-corrected chi connectivity index (χ2v) is 7.13. The van der Waals surface area contributed by atoms with E-state index in [1.807, 2.05) is 12.1 Å². The molecular formula is C18H16N4O4S. The highest BCUT2D eigenvalue weighted by Gasteiger charge is 2.15. The molecule has 3 aromatic rings. The number of pyridine rings is 1. The lowest BCUT2D eigenvalue weighted by Gasteiger charge is -2.27. The molecule has 1 aliphatic rings. The van der Waals surface area contributed by atoms with Crippen LogP contribution in [0.3, 0.4) is 0 Å². The molecule has 0 bridgehead atoms. The van der Waals surface area contributed by atoms with Crippen molar-refractivity contribution in [2.24, 2.45) is 0 Å². The van der Waals surface area contributed by atoms with Crippen LogP contribution in [0.1, 0.15) is 9.67 Å². The van der Waals surface area contributed by atoms with Crippen molar-refractivity contribution in [1.82, 2.24) is 4.98 Å². The van der Waals surface area contributed by atoms with Crippen LogP contribution in [0.4, 0.5) is 17.2 Å². The number of carbonyl (C=O) groups is 1. The lowest BCUT2D eigenvalue weighted by atomic mass is 10.2. The molecule has 8 nitrogen and oxygen atoms in total. The molecule has 0 spiro atoms. The van der Waals surface area contributed by atoms with Gasteiger partial charge in [0.05, 0.1) is 34.9 Å². The Morgan fingerprint density at radius 2 is 2.04 bits per heavy atom. The van der Waals surface area contributed by atoms with Crippen molar-refractivity contribution < 1.29 is 14.5 Å². The molecule has 3 heterocycles. The fraction of sp³-hybridized carbons (Fsp3) is 0.222. The lowest BCUT2D eigenvalue weighted by molar-refractivity contribution is -0.384. The number of hydrogen-bond acceptors (Lipinski definition) is 7. The van der Waals surface area contributed by atoms with Crippen LogP contribution in [0.5, 0.6) is 0 Å². The zero-order valence-corrected chi connectivity index (χ0v) is 15.1. The quantitative estimate of drug-likeness (QED) is 0.548. The SMILES string of the molecule is O=C(Nc1ccc(N2CCOCC2)nc1)c1cc2cc([N+](=O)[O-])ccc2s1. The molecule has 0 aliphatic carbocycles. The maximum absolute atomic E-state index is 12.5. The van der Waals surface area contributed by atoms with E-state index in [0.717, 1.165) is 23.6 Å². The van der Waals surface area contributed by atoms with E-state index in [4.69, 9.17) is 4.74 Å².